The molecule has 0 bridgehead atoms. The lowest BCUT2D eigenvalue weighted by Gasteiger charge is -2.40. The Kier molecular flexibility index (Phi) is 8.05. The van der Waals surface area contributed by atoms with Crippen LogP contribution >= 0.6 is 0 Å². The lowest BCUT2D eigenvalue weighted by Crippen LogP contribution is -2.59. The number of alkyl halides is 1. The van der Waals surface area contributed by atoms with Crippen molar-refractivity contribution in [3.05, 3.63) is 0 Å². The van der Waals surface area contributed by atoms with Crippen LogP contribution in [0.2, 0.25) is 0 Å². The van der Waals surface area contributed by atoms with Crippen LogP contribution in [0.25, 0.3) is 0 Å². The molecule has 1 aliphatic carbocycles. The van der Waals surface area contributed by atoms with Gasteiger partial charge < -0.3 is 15.7 Å². The van der Waals surface area contributed by atoms with E-state index >= 15 is 0 Å². The molecule has 0 amide bonds. The Morgan fingerprint density at radius 2 is 1.93 bits per heavy atom. The van der Waals surface area contributed by atoms with Crippen LogP contribution in [0.15, 0.2) is 4.99 Å². The molecule has 7 nitrogen and oxygen atoms in total. The number of aliphatic imine (C=N–C) groups is 1. The highest BCUT2D eigenvalue weighted by molar-refractivity contribution is 5.83. The van der Waals surface area contributed by atoms with Crippen LogP contribution in [-0.4, -0.2) is 80.3 Å². The highest BCUT2D eigenvalue weighted by Crippen LogP contribution is 2.30. The van der Waals surface area contributed by atoms with Crippen molar-refractivity contribution in [3.63, 3.8) is 0 Å². The Balaban J connectivity index is 1.65. The monoisotopic (exact) mass is 398 g/mol. The van der Waals surface area contributed by atoms with Crippen LogP contribution in [0.4, 0.5) is 4.39 Å². The number of aliphatic hydroxyl groups is 1. The summed E-state index contributed by atoms with van der Waals surface area (Å²) in [6, 6.07) is 0.256. The van der Waals surface area contributed by atoms with Crippen molar-refractivity contribution in [2.75, 3.05) is 33.7 Å². The lowest BCUT2D eigenvalue weighted by atomic mass is 9.83. The van der Waals surface area contributed by atoms with Crippen LogP contribution in [-0.2, 0) is 0 Å². The zero-order valence-corrected chi connectivity index (χ0v) is 17.6. The molecule has 2 heterocycles. The Morgan fingerprint density at radius 1 is 1.18 bits per heavy atom. The third-order valence-corrected chi connectivity index (χ3v) is 6.55. The van der Waals surface area contributed by atoms with Crippen LogP contribution < -0.4 is 21.3 Å². The molecular formula is C20H39FN6O. The summed E-state index contributed by atoms with van der Waals surface area (Å²) in [5.74, 6) is 1.51. The Hall–Kier alpha value is -0.800. The van der Waals surface area contributed by atoms with E-state index in [0.29, 0.717) is 18.8 Å². The van der Waals surface area contributed by atoms with Crippen molar-refractivity contribution in [3.8, 4) is 0 Å². The number of aliphatic hydroxyl groups excluding tert-OH is 1. The van der Waals surface area contributed by atoms with Crippen molar-refractivity contribution >= 4 is 5.84 Å². The summed E-state index contributed by atoms with van der Waals surface area (Å²) < 4.78 is 13.5. The zero-order valence-electron chi connectivity index (χ0n) is 17.6. The molecule has 28 heavy (non-hydrogen) atoms. The first kappa shape index (κ1) is 21.9. The number of hydrogen-bond donors (Lipinski definition) is 5. The molecule has 1 saturated carbocycles. The van der Waals surface area contributed by atoms with E-state index in [9.17, 15) is 9.50 Å². The fraction of sp³-hybridized carbons (Fsp3) is 0.950. The molecule has 3 unspecified atom stereocenters. The average Bonchev–Trinajstić information content (AvgIpc) is 2.69. The number of nitrogens with one attached hydrogen (secondary N) is 4. The van der Waals surface area contributed by atoms with Gasteiger partial charge in [-0.05, 0) is 59.0 Å². The van der Waals surface area contributed by atoms with Gasteiger partial charge in [-0.1, -0.05) is 0 Å². The lowest BCUT2D eigenvalue weighted by molar-refractivity contribution is -0.0295. The number of piperazine rings is 1. The number of rotatable bonds is 6. The van der Waals surface area contributed by atoms with E-state index < -0.39 is 12.4 Å². The molecule has 162 valence electrons. The van der Waals surface area contributed by atoms with Crippen molar-refractivity contribution < 1.29 is 9.50 Å². The predicted octanol–water partition coefficient (Wildman–Crippen LogP) is 0.616. The molecule has 0 spiro atoms. The van der Waals surface area contributed by atoms with Gasteiger partial charge in [0.25, 0.3) is 0 Å². The van der Waals surface area contributed by atoms with E-state index in [2.05, 4.69) is 28.2 Å². The van der Waals surface area contributed by atoms with E-state index in [1.165, 1.54) is 0 Å². The van der Waals surface area contributed by atoms with E-state index in [-0.39, 0.29) is 24.3 Å². The molecule has 8 heteroatoms. The normalized spacial score (nSPS) is 36.6. The smallest absolute Gasteiger partial charge is 0.113 e. The molecule has 0 aromatic heterocycles. The molecule has 0 radical (unpaired) electrons. The van der Waals surface area contributed by atoms with Crippen molar-refractivity contribution in [1.29, 1.82) is 0 Å². The van der Waals surface area contributed by atoms with Gasteiger partial charge in [0, 0.05) is 38.0 Å². The summed E-state index contributed by atoms with van der Waals surface area (Å²) in [4.78, 5) is 6.84. The quantitative estimate of drug-likeness (QED) is 0.422. The second kappa shape index (κ2) is 10.3. The summed E-state index contributed by atoms with van der Waals surface area (Å²) >= 11 is 0. The molecule has 3 aliphatic rings. The van der Waals surface area contributed by atoms with Crippen molar-refractivity contribution in [1.82, 2.24) is 26.2 Å². The van der Waals surface area contributed by atoms with Crippen LogP contribution in [0.1, 0.15) is 45.4 Å². The highest BCUT2D eigenvalue weighted by atomic mass is 19.1. The number of nitrogens with zero attached hydrogens (tertiary/aromatic N) is 2. The fourth-order valence-corrected chi connectivity index (χ4v) is 4.70. The van der Waals surface area contributed by atoms with Crippen LogP contribution in [0.5, 0.6) is 0 Å². The van der Waals surface area contributed by atoms with Gasteiger partial charge in [0.1, 0.15) is 18.6 Å². The number of hydrogen-bond acceptors (Lipinski definition) is 7. The Labute approximate surface area is 168 Å². The van der Waals surface area contributed by atoms with Crippen molar-refractivity contribution in [2.45, 2.75) is 76.2 Å². The molecule has 2 fully saturated rings. The van der Waals surface area contributed by atoms with Gasteiger partial charge in [-0.25, -0.2) is 4.39 Å². The van der Waals surface area contributed by atoms with Crippen LogP contribution in [0.3, 0.4) is 0 Å². The second-order valence-corrected chi connectivity index (χ2v) is 8.92. The van der Waals surface area contributed by atoms with Crippen LogP contribution in [0, 0.1) is 11.8 Å². The molecule has 0 aromatic carbocycles. The summed E-state index contributed by atoms with van der Waals surface area (Å²) in [7, 11) is 3.81. The Bertz CT molecular complexity index is 505. The first-order valence-electron chi connectivity index (χ1n) is 11.0. The first-order chi connectivity index (χ1) is 13.4. The molecule has 5 N–H and O–H groups in total. The summed E-state index contributed by atoms with van der Waals surface area (Å²) in [6.07, 6.45) is 3.80. The van der Waals surface area contributed by atoms with Crippen molar-refractivity contribution in [2.24, 2.45) is 16.8 Å². The maximum Gasteiger partial charge on any atom is 0.113 e. The van der Waals surface area contributed by atoms with Gasteiger partial charge in [-0.3, -0.25) is 20.5 Å². The molecule has 5 atom stereocenters. The van der Waals surface area contributed by atoms with Gasteiger partial charge in [-0.15, -0.1) is 0 Å². The minimum Gasteiger partial charge on any atom is -0.378 e. The highest BCUT2D eigenvalue weighted by Gasteiger charge is 2.36. The maximum absolute atomic E-state index is 13.5. The number of amidine groups is 1. The largest absolute Gasteiger partial charge is 0.378 e. The van der Waals surface area contributed by atoms with E-state index in [1.54, 1.807) is 0 Å². The summed E-state index contributed by atoms with van der Waals surface area (Å²) in [6.45, 7) is 5.00. The van der Waals surface area contributed by atoms with Gasteiger partial charge in [0.15, 0.2) is 0 Å². The zero-order chi connectivity index (χ0) is 20.1. The fourth-order valence-electron chi connectivity index (χ4n) is 4.70. The van der Waals surface area contributed by atoms with Gasteiger partial charge >= 0.3 is 0 Å². The predicted molar refractivity (Wildman–Crippen MR) is 111 cm³/mol. The standard InChI is InChI=1S/C20H39FN6O/c1-13(14-4-6-15(21)7-5-14)24-19-16(20(28)27(2)3)8-9-17(26-19)25-18-12-22-10-11-23-18/h13-16,18-20,22-24,28H,4-12H2,1-3H3,(H,25,26)/t13-,14?,15?,16?,18-,19?,20?/m0/s1. The summed E-state index contributed by atoms with van der Waals surface area (Å²) in [5, 5.41) is 24.8. The molecule has 2 aliphatic heterocycles. The third kappa shape index (κ3) is 5.86. The average molecular weight is 399 g/mol. The van der Waals surface area contributed by atoms with E-state index in [0.717, 1.165) is 51.2 Å². The molecule has 1 saturated heterocycles. The third-order valence-electron chi connectivity index (χ3n) is 6.55. The number of halogens is 1. The second-order valence-electron chi connectivity index (χ2n) is 8.92. The minimum absolute atomic E-state index is 0.0398. The first-order valence-corrected chi connectivity index (χ1v) is 11.0. The maximum atomic E-state index is 13.5. The van der Waals surface area contributed by atoms with E-state index in [1.807, 2.05) is 19.0 Å². The Morgan fingerprint density at radius 3 is 2.57 bits per heavy atom. The van der Waals surface area contributed by atoms with Gasteiger partial charge in [0.05, 0.1) is 12.0 Å². The minimum atomic E-state index is -0.633. The topological polar surface area (TPSA) is 84.0 Å². The van der Waals surface area contributed by atoms with Gasteiger partial charge in [0.2, 0.25) is 0 Å². The SMILES string of the molecule is C[C@H](NC1N=C(N[C@H]2CNCCN2)CCC1C(O)N(C)C)C1CCC(F)CC1. The summed E-state index contributed by atoms with van der Waals surface area (Å²) in [5.41, 5.74) is 0. The molecular weight excluding hydrogens is 359 g/mol. The van der Waals surface area contributed by atoms with Gasteiger partial charge in [-0.2, -0.15) is 0 Å². The molecule has 0 aromatic rings. The van der Waals surface area contributed by atoms with E-state index in [4.69, 9.17) is 4.99 Å². The molecule has 3 rings (SSSR count).